The topological polar surface area (TPSA) is 149 Å². The third-order valence-corrected chi connectivity index (χ3v) is 7.52. The SMILES string of the molecule is O=C(O)C1CSC(c2nc3ccc(OS(=O)(=O)c4ccccc4[N+](=O)[O-])cc3s2)=N1. The molecule has 1 aliphatic rings. The Kier molecular flexibility index (Phi) is 5.17. The van der Waals surface area contributed by atoms with Crippen molar-refractivity contribution in [3.63, 3.8) is 0 Å². The highest BCUT2D eigenvalue weighted by Gasteiger charge is 2.28. The molecule has 0 fully saturated rings. The van der Waals surface area contributed by atoms with Crippen LogP contribution in [0.25, 0.3) is 10.2 Å². The van der Waals surface area contributed by atoms with Gasteiger partial charge in [0, 0.05) is 17.9 Å². The number of benzene rings is 2. The van der Waals surface area contributed by atoms with Crippen LogP contribution in [0.1, 0.15) is 5.01 Å². The number of thiazole rings is 1. The number of aromatic nitrogens is 1. The van der Waals surface area contributed by atoms with Crippen LogP contribution >= 0.6 is 23.1 Å². The highest BCUT2D eigenvalue weighted by atomic mass is 32.2. The average molecular weight is 465 g/mol. The third kappa shape index (κ3) is 3.86. The number of nitro groups is 1. The maximum absolute atomic E-state index is 12.6. The molecule has 1 aliphatic heterocycles. The standard InChI is InChI=1S/C17H11N3O7S3/c21-17(22)11-8-28-15(19-11)16-18-10-6-5-9(7-13(10)29-16)27-30(25,26)14-4-2-1-3-12(14)20(23)24/h1-7,11H,8H2,(H,21,22). The van der Waals surface area contributed by atoms with Gasteiger partial charge in [0.25, 0.3) is 5.69 Å². The van der Waals surface area contributed by atoms with Gasteiger partial charge in [-0.2, -0.15) is 8.42 Å². The first-order valence-corrected chi connectivity index (χ1v) is 11.5. The molecule has 1 aromatic heterocycles. The van der Waals surface area contributed by atoms with Crippen LogP contribution in [-0.4, -0.2) is 46.2 Å². The largest absolute Gasteiger partial charge is 0.480 e. The van der Waals surface area contributed by atoms with Gasteiger partial charge < -0.3 is 9.29 Å². The lowest BCUT2D eigenvalue weighted by Crippen LogP contribution is -2.17. The fourth-order valence-corrected chi connectivity index (χ4v) is 5.84. The molecule has 1 N–H and O–H groups in total. The average Bonchev–Trinajstić information content (AvgIpc) is 3.34. The molecule has 10 nitrogen and oxygen atoms in total. The van der Waals surface area contributed by atoms with Crippen LogP contribution in [0.4, 0.5) is 5.69 Å². The van der Waals surface area contributed by atoms with Crippen molar-refractivity contribution in [2.24, 2.45) is 4.99 Å². The van der Waals surface area contributed by atoms with Gasteiger partial charge in [0.1, 0.15) is 15.8 Å². The Balaban J connectivity index is 1.64. The normalized spacial score (nSPS) is 16.4. The van der Waals surface area contributed by atoms with E-state index in [1.54, 1.807) is 6.07 Å². The minimum atomic E-state index is -4.43. The van der Waals surface area contributed by atoms with Crippen molar-refractivity contribution in [1.29, 1.82) is 0 Å². The van der Waals surface area contributed by atoms with Crippen LogP contribution in [-0.2, 0) is 14.9 Å². The van der Waals surface area contributed by atoms with E-state index in [4.69, 9.17) is 9.29 Å². The van der Waals surface area contributed by atoms with Crippen molar-refractivity contribution in [3.05, 3.63) is 57.6 Å². The number of aliphatic imine (C=N–C) groups is 1. The molecule has 0 saturated carbocycles. The molecule has 1 unspecified atom stereocenters. The van der Waals surface area contributed by atoms with E-state index >= 15 is 0 Å². The molecule has 0 saturated heterocycles. The van der Waals surface area contributed by atoms with Gasteiger partial charge in [-0.3, -0.25) is 15.1 Å². The highest BCUT2D eigenvalue weighted by molar-refractivity contribution is 8.15. The van der Waals surface area contributed by atoms with Gasteiger partial charge in [0.05, 0.1) is 15.1 Å². The van der Waals surface area contributed by atoms with Gasteiger partial charge in [-0.15, -0.1) is 23.1 Å². The maximum atomic E-state index is 12.6. The summed E-state index contributed by atoms with van der Waals surface area (Å²) in [7, 11) is -4.43. The smallest absolute Gasteiger partial charge is 0.346 e. The number of fused-ring (bicyclic) bond motifs is 1. The molecule has 0 aliphatic carbocycles. The Bertz CT molecular complexity index is 1320. The van der Waals surface area contributed by atoms with Gasteiger partial charge >= 0.3 is 16.1 Å². The summed E-state index contributed by atoms with van der Waals surface area (Å²) in [6.45, 7) is 0. The first-order valence-electron chi connectivity index (χ1n) is 8.27. The molecule has 1 atom stereocenters. The first-order chi connectivity index (χ1) is 14.2. The van der Waals surface area contributed by atoms with E-state index in [9.17, 15) is 23.3 Å². The van der Waals surface area contributed by atoms with E-state index in [0.29, 0.717) is 26.0 Å². The van der Waals surface area contributed by atoms with Crippen LogP contribution in [0.15, 0.2) is 52.4 Å². The van der Waals surface area contributed by atoms with Crippen molar-refractivity contribution in [1.82, 2.24) is 4.98 Å². The van der Waals surface area contributed by atoms with E-state index in [1.807, 2.05) is 0 Å². The molecule has 0 spiro atoms. The Labute approximate surface area is 177 Å². The number of nitro benzene ring substituents is 1. The second-order valence-electron chi connectivity index (χ2n) is 6.01. The Morgan fingerprint density at radius 1 is 1.27 bits per heavy atom. The van der Waals surface area contributed by atoms with Crippen molar-refractivity contribution < 1.29 is 27.4 Å². The molecule has 0 bridgehead atoms. The van der Waals surface area contributed by atoms with Gasteiger partial charge in [-0.1, -0.05) is 12.1 Å². The molecule has 2 aromatic carbocycles. The minimum absolute atomic E-state index is 0.0275. The maximum Gasteiger partial charge on any atom is 0.346 e. The zero-order valence-electron chi connectivity index (χ0n) is 14.8. The van der Waals surface area contributed by atoms with Crippen molar-refractivity contribution >= 4 is 60.1 Å². The molecular formula is C17H11N3O7S3. The molecule has 3 aromatic rings. The fraction of sp³-hybridized carbons (Fsp3) is 0.118. The Morgan fingerprint density at radius 2 is 2.03 bits per heavy atom. The molecule has 13 heteroatoms. The van der Waals surface area contributed by atoms with Gasteiger partial charge in [-0.25, -0.2) is 9.78 Å². The van der Waals surface area contributed by atoms with Crippen LogP contribution in [0.3, 0.4) is 0 Å². The number of carboxylic acid groups (broad SMARTS) is 1. The highest BCUT2D eigenvalue weighted by Crippen LogP contribution is 2.33. The number of aliphatic carboxylic acids is 1. The monoisotopic (exact) mass is 465 g/mol. The number of hydrogen-bond donors (Lipinski definition) is 1. The predicted octanol–water partition coefficient (Wildman–Crippen LogP) is 2.92. The summed E-state index contributed by atoms with van der Waals surface area (Å²) < 4.78 is 30.8. The van der Waals surface area contributed by atoms with Crippen LogP contribution in [0.2, 0.25) is 0 Å². The predicted molar refractivity (Wildman–Crippen MR) is 111 cm³/mol. The lowest BCUT2D eigenvalue weighted by Gasteiger charge is -2.07. The van der Waals surface area contributed by atoms with Gasteiger partial charge in [0.15, 0.2) is 10.9 Å². The Hall–Kier alpha value is -3.03. The Morgan fingerprint density at radius 3 is 2.73 bits per heavy atom. The number of nitrogens with zero attached hydrogens (tertiary/aromatic N) is 3. The molecular weight excluding hydrogens is 454 g/mol. The van der Waals surface area contributed by atoms with Crippen molar-refractivity contribution in [3.8, 4) is 5.75 Å². The molecule has 0 amide bonds. The minimum Gasteiger partial charge on any atom is -0.480 e. The van der Waals surface area contributed by atoms with E-state index in [-0.39, 0.29) is 5.75 Å². The zero-order valence-corrected chi connectivity index (χ0v) is 17.2. The number of para-hydroxylation sites is 1. The second kappa shape index (κ2) is 7.66. The fourth-order valence-electron chi connectivity index (χ4n) is 2.66. The number of thioether (sulfide) groups is 1. The zero-order chi connectivity index (χ0) is 21.5. The number of hydrogen-bond acceptors (Lipinski definition) is 10. The van der Waals surface area contributed by atoms with Crippen LogP contribution < -0.4 is 4.18 Å². The number of carboxylic acids is 1. The molecule has 4 rings (SSSR count). The van der Waals surface area contributed by atoms with Crippen LogP contribution in [0.5, 0.6) is 5.75 Å². The lowest BCUT2D eigenvalue weighted by molar-refractivity contribution is -0.387. The van der Waals surface area contributed by atoms with E-state index < -0.39 is 37.6 Å². The van der Waals surface area contributed by atoms with E-state index in [1.165, 1.54) is 47.4 Å². The summed E-state index contributed by atoms with van der Waals surface area (Å²) in [5.41, 5.74) is -0.0181. The quantitative estimate of drug-likeness (QED) is 0.329. The van der Waals surface area contributed by atoms with E-state index in [0.717, 1.165) is 12.1 Å². The summed E-state index contributed by atoms with van der Waals surface area (Å²) >= 11 is 2.50. The lowest BCUT2D eigenvalue weighted by atomic mass is 10.3. The third-order valence-electron chi connectivity index (χ3n) is 4.02. The summed E-state index contributed by atoms with van der Waals surface area (Å²) in [5.74, 6) is -0.710. The second-order valence-corrected chi connectivity index (χ2v) is 9.56. The van der Waals surface area contributed by atoms with Crippen molar-refractivity contribution in [2.45, 2.75) is 10.9 Å². The van der Waals surface area contributed by atoms with Gasteiger partial charge in [-0.05, 0) is 18.2 Å². The molecule has 2 heterocycles. The summed E-state index contributed by atoms with van der Waals surface area (Å²) in [6.07, 6.45) is 0. The first kappa shape index (κ1) is 20.3. The number of rotatable bonds is 6. The molecule has 0 radical (unpaired) electrons. The molecule has 154 valence electrons. The summed E-state index contributed by atoms with van der Waals surface area (Å²) in [6, 6.07) is 8.49. The number of carbonyl (C=O) groups is 1. The summed E-state index contributed by atoms with van der Waals surface area (Å²) in [5, 5.41) is 21.2. The molecule has 30 heavy (non-hydrogen) atoms. The van der Waals surface area contributed by atoms with Crippen LogP contribution in [0, 0.1) is 10.1 Å². The summed E-state index contributed by atoms with van der Waals surface area (Å²) in [4.78, 5) is 29.4. The van der Waals surface area contributed by atoms with Crippen molar-refractivity contribution in [2.75, 3.05) is 5.75 Å². The van der Waals surface area contributed by atoms with Gasteiger partial charge in [0.2, 0.25) is 0 Å². The van der Waals surface area contributed by atoms with E-state index in [2.05, 4.69) is 9.98 Å².